The molecule has 31 heavy (non-hydrogen) atoms. The third-order valence-electron chi connectivity index (χ3n) is 5.58. The fourth-order valence-electron chi connectivity index (χ4n) is 3.48. The van der Waals surface area contributed by atoms with Crippen LogP contribution in [0.4, 0.5) is 0 Å². The van der Waals surface area contributed by atoms with Crippen LogP contribution < -0.4 is 11.2 Å². The summed E-state index contributed by atoms with van der Waals surface area (Å²) in [5.41, 5.74) is 3.15. The van der Waals surface area contributed by atoms with E-state index in [1.54, 1.807) is 0 Å². The van der Waals surface area contributed by atoms with Crippen LogP contribution in [-0.4, -0.2) is 14.2 Å². The first-order valence-electron chi connectivity index (χ1n) is 10.6. The summed E-state index contributed by atoms with van der Waals surface area (Å²) in [5, 5.41) is 10.3. The largest absolute Gasteiger partial charge is 0.494 e. The lowest BCUT2D eigenvalue weighted by Crippen LogP contribution is -2.39. The molecule has 3 aromatic rings. The van der Waals surface area contributed by atoms with Gasteiger partial charge in [-0.25, -0.2) is 4.79 Å². The number of aromatic hydroxyl groups is 1. The molecule has 0 amide bonds. The highest BCUT2D eigenvalue weighted by Crippen LogP contribution is 2.23. The molecule has 164 valence electrons. The van der Waals surface area contributed by atoms with Gasteiger partial charge in [0.05, 0.1) is 19.2 Å². The topological polar surface area (TPSA) is 64.2 Å². The standard InChI is InChI=1S/C26H32N2O3/c1-25(2,3)20-11-7-18(8-12-20)16-27-22(29)15-23(30)28(24(27)31)17-19-9-13-21(14-10-19)26(4,5)6/h7-15,29H,16-17H2,1-6H3. The minimum Gasteiger partial charge on any atom is -0.494 e. The first-order valence-corrected chi connectivity index (χ1v) is 10.6. The minimum atomic E-state index is -0.523. The number of aromatic nitrogens is 2. The molecular weight excluding hydrogens is 388 g/mol. The summed E-state index contributed by atoms with van der Waals surface area (Å²) in [6.45, 7) is 13.2. The second-order valence-corrected chi connectivity index (χ2v) is 10.2. The second kappa shape index (κ2) is 8.22. The molecule has 0 aliphatic rings. The highest BCUT2D eigenvalue weighted by atomic mass is 16.3. The van der Waals surface area contributed by atoms with E-state index in [1.807, 2.05) is 48.5 Å². The van der Waals surface area contributed by atoms with Gasteiger partial charge in [-0.1, -0.05) is 90.1 Å². The molecule has 2 aromatic carbocycles. The zero-order valence-corrected chi connectivity index (χ0v) is 19.3. The van der Waals surface area contributed by atoms with Crippen LogP contribution in [0.5, 0.6) is 5.88 Å². The van der Waals surface area contributed by atoms with Gasteiger partial charge in [0.2, 0.25) is 5.88 Å². The Labute approximate surface area is 183 Å². The van der Waals surface area contributed by atoms with E-state index < -0.39 is 11.2 Å². The van der Waals surface area contributed by atoms with Gasteiger partial charge >= 0.3 is 5.69 Å². The van der Waals surface area contributed by atoms with Crippen molar-refractivity contribution in [2.75, 3.05) is 0 Å². The van der Waals surface area contributed by atoms with Gasteiger partial charge in [0, 0.05) is 0 Å². The van der Waals surface area contributed by atoms with Crippen molar-refractivity contribution < 1.29 is 5.11 Å². The molecule has 1 heterocycles. The van der Waals surface area contributed by atoms with E-state index in [-0.39, 0.29) is 29.8 Å². The molecule has 0 saturated carbocycles. The van der Waals surface area contributed by atoms with Crippen LogP contribution in [0, 0.1) is 0 Å². The average molecular weight is 421 g/mol. The monoisotopic (exact) mass is 420 g/mol. The van der Waals surface area contributed by atoms with Gasteiger partial charge < -0.3 is 5.11 Å². The number of hydrogen-bond donors (Lipinski definition) is 1. The van der Waals surface area contributed by atoms with Crippen LogP contribution in [0.15, 0.2) is 64.2 Å². The Morgan fingerprint density at radius 2 is 1.06 bits per heavy atom. The smallest absolute Gasteiger partial charge is 0.334 e. The quantitative estimate of drug-likeness (QED) is 0.680. The number of benzene rings is 2. The molecular formula is C26H32N2O3. The highest BCUT2D eigenvalue weighted by Gasteiger charge is 2.16. The normalized spacial score (nSPS) is 12.2. The number of rotatable bonds is 4. The lowest BCUT2D eigenvalue weighted by molar-refractivity contribution is 0.400. The molecule has 3 rings (SSSR count). The van der Waals surface area contributed by atoms with Crippen LogP contribution in [0.1, 0.15) is 63.8 Å². The molecule has 0 aliphatic heterocycles. The van der Waals surface area contributed by atoms with Crippen molar-refractivity contribution in [3.05, 3.63) is 97.7 Å². The van der Waals surface area contributed by atoms with E-state index in [0.717, 1.165) is 21.8 Å². The molecule has 0 radical (unpaired) electrons. The minimum absolute atomic E-state index is 0.0309. The van der Waals surface area contributed by atoms with Crippen molar-refractivity contribution >= 4 is 0 Å². The highest BCUT2D eigenvalue weighted by molar-refractivity contribution is 5.29. The molecule has 1 aromatic heterocycles. The number of nitrogens with zero attached hydrogens (tertiary/aromatic N) is 2. The van der Waals surface area contributed by atoms with Gasteiger partial charge in [0.25, 0.3) is 5.56 Å². The Morgan fingerprint density at radius 1 is 0.677 bits per heavy atom. The van der Waals surface area contributed by atoms with Gasteiger partial charge in [-0.05, 0) is 33.1 Å². The van der Waals surface area contributed by atoms with Gasteiger partial charge in [-0.3, -0.25) is 13.9 Å². The molecule has 5 heteroatoms. The van der Waals surface area contributed by atoms with Crippen LogP contribution in [-0.2, 0) is 23.9 Å². The average Bonchev–Trinajstić information content (AvgIpc) is 2.68. The van der Waals surface area contributed by atoms with Crippen LogP contribution in [0.3, 0.4) is 0 Å². The molecule has 0 atom stereocenters. The van der Waals surface area contributed by atoms with Crippen molar-refractivity contribution in [3.63, 3.8) is 0 Å². The van der Waals surface area contributed by atoms with E-state index in [4.69, 9.17) is 0 Å². The Hall–Kier alpha value is -3.08. The van der Waals surface area contributed by atoms with E-state index in [1.165, 1.54) is 15.7 Å². The summed E-state index contributed by atoms with van der Waals surface area (Å²) < 4.78 is 2.40. The Balaban J connectivity index is 1.91. The van der Waals surface area contributed by atoms with Gasteiger partial charge in [-0.2, -0.15) is 0 Å². The Morgan fingerprint density at radius 3 is 1.45 bits per heavy atom. The maximum atomic E-state index is 13.0. The third-order valence-corrected chi connectivity index (χ3v) is 5.58. The lowest BCUT2D eigenvalue weighted by atomic mass is 9.87. The molecule has 0 spiro atoms. The van der Waals surface area contributed by atoms with Crippen LogP contribution >= 0.6 is 0 Å². The maximum absolute atomic E-state index is 13.0. The van der Waals surface area contributed by atoms with E-state index in [9.17, 15) is 14.7 Å². The van der Waals surface area contributed by atoms with Gasteiger partial charge in [0.15, 0.2) is 0 Å². The molecule has 0 bridgehead atoms. The SMILES string of the molecule is CC(C)(C)c1ccc(Cn2c(O)cc(=O)n(Cc3ccc(C(C)(C)C)cc3)c2=O)cc1. The van der Waals surface area contributed by atoms with Gasteiger partial charge in [-0.15, -0.1) is 0 Å². The summed E-state index contributed by atoms with van der Waals surface area (Å²) in [4.78, 5) is 25.5. The summed E-state index contributed by atoms with van der Waals surface area (Å²) in [6, 6.07) is 17.0. The fourth-order valence-corrected chi connectivity index (χ4v) is 3.48. The van der Waals surface area contributed by atoms with Crippen molar-refractivity contribution in [2.24, 2.45) is 0 Å². The predicted octanol–water partition coefficient (Wildman–Crippen LogP) is 4.41. The van der Waals surface area contributed by atoms with Crippen molar-refractivity contribution in [1.29, 1.82) is 0 Å². The zero-order valence-electron chi connectivity index (χ0n) is 19.3. The molecule has 0 unspecified atom stereocenters. The molecule has 5 nitrogen and oxygen atoms in total. The van der Waals surface area contributed by atoms with E-state index in [0.29, 0.717) is 0 Å². The van der Waals surface area contributed by atoms with Crippen molar-refractivity contribution in [1.82, 2.24) is 9.13 Å². The summed E-state index contributed by atoms with van der Waals surface area (Å²) in [5.74, 6) is -0.325. The second-order valence-electron chi connectivity index (χ2n) is 10.2. The first kappa shape index (κ1) is 22.6. The fraction of sp³-hybridized carbons (Fsp3) is 0.385. The van der Waals surface area contributed by atoms with Gasteiger partial charge in [0.1, 0.15) is 0 Å². The molecule has 0 aliphatic carbocycles. The first-order chi connectivity index (χ1) is 14.4. The summed E-state index contributed by atoms with van der Waals surface area (Å²) >= 11 is 0. The third kappa shape index (κ3) is 5.16. The number of hydrogen-bond acceptors (Lipinski definition) is 3. The summed E-state index contributed by atoms with van der Waals surface area (Å²) in [7, 11) is 0. The van der Waals surface area contributed by atoms with Crippen LogP contribution in [0.2, 0.25) is 0 Å². The molecule has 0 fully saturated rings. The summed E-state index contributed by atoms with van der Waals surface area (Å²) in [6.07, 6.45) is 0. The van der Waals surface area contributed by atoms with E-state index in [2.05, 4.69) is 41.5 Å². The zero-order chi connectivity index (χ0) is 23.0. The molecule has 0 saturated heterocycles. The van der Waals surface area contributed by atoms with Crippen LogP contribution in [0.25, 0.3) is 0 Å². The maximum Gasteiger partial charge on any atom is 0.334 e. The Bertz CT molecular complexity index is 1170. The predicted molar refractivity (Wildman–Crippen MR) is 125 cm³/mol. The van der Waals surface area contributed by atoms with E-state index >= 15 is 0 Å². The molecule has 1 N–H and O–H groups in total. The Kier molecular flexibility index (Phi) is 5.99. The van der Waals surface area contributed by atoms with Crippen molar-refractivity contribution in [3.8, 4) is 5.88 Å². The van der Waals surface area contributed by atoms with Crippen molar-refractivity contribution in [2.45, 2.75) is 65.5 Å². The lowest BCUT2D eigenvalue weighted by Gasteiger charge is -2.20.